The number of nitrogens with zero attached hydrogens (tertiary/aromatic N) is 2. The predicted octanol–water partition coefficient (Wildman–Crippen LogP) is 3.78. The summed E-state index contributed by atoms with van der Waals surface area (Å²) in [4.78, 5) is 18.2. The Bertz CT molecular complexity index is 805. The highest BCUT2D eigenvalue weighted by atomic mass is 35.5. The van der Waals surface area contributed by atoms with Gasteiger partial charge in [-0.1, -0.05) is 41.6 Å². The molecular weight excluding hydrogens is 354 g/mol. The first-order valence-electron chi connectivity index (χ1n) is 8.45. The van der Waals surface area contributed by atoms with Gasteiger partial charge in [0, 0.05) is 47.0 Å². The minimum absolute atomic E-state index is 0.264. The highest BCUT2D eigenvalue weighted by Crippen LogP contribution is 2.43. The Balaban J connectivity index is 1.69. The molecule has 0 aromatic heterocycles. The van der Waals surface area contributed by atoms with Gasteiger partial charge in [-0.2, -0.15) is 0 Å². The molecule has 6 heteroatoms. The van der Waals surface area contributed by atoms with Crippen LogP contribution in [0.2, 0.25) is 5.02 Å². The van der Waals surface area contributed by atoms with Gasteiger partial charge < -0.3 is 10.6 Å². The number of piperazine rings is 1. The summed E-state index contributed by atoms with van der Waals surface area (Å²) in [6.45, 7) is 3.01. The number of nitrogens with two attached hydrogens (primary N) is 1. The largest absolute Gasteiger partial charge is 0.351 e. The van der Waals surface area contributed by atoms with Crippen LogP contribution in [0.15, 0.2) is 52.3 Å². The standard InChI is InChI=1S/C19H20ClN3OS/c20-14-5-6-18-15(12-14)16(11-13-3-1-2-4-17(13)25-18)22-7-9-23(10-8-22)19(21)24/h1-6,12,16H,7-11H2,(H2,21,24). The second kappa shape index (κ2) is 6.90. The smallest absolute Gasteiger partial charge is 0.314 e. The lowest BCUT2D eigenvalue weighted by Gasteiger charge is -2.39. The van der Waals surface area contributed by atoms with Crippen LogP contribution in [0, 0.1) is 0 Å². The van der Waals surface area contributed by atoms with Crippen LogP contribution < -0.4 is 5.73 Å². The molecule has 25 heavy (non-hydrogen) atoms. The Morgan fingerprint density at radius 2 is 1.84 bits per heavy atom. The van der Waals surface area contributed by atoms with E-state index in [9.17, 15) is 4.79 Å². The lowest BCUT2D eigenvalue weighted by Crippen LogP contribution is -2.51. The van der Waals surface area contributed by atoms with Gasteiger partial charge in [0.2, 0.25) is 0 Å². The van der Waals surface area contributed by atoms with Gasteiger partial charge in [-0.25, -0.2) is 4.79 Å². The first kappa shape index (κ1) is 16.8. The molecule has 0 radical (unpaired) electrons. The summed E-state index contributed by atoms with van der Waals surface area (Å²) >= 11 is 8.13. The molecule has 2 N–H and O–H groups in total. The van der Waals surface area contributed by atoms with Crippen molar-refractivity contribution >= 4 is 29.4 Å². The molecule has 0 spiro atoms. The molecule has 1 atom stereocenters. The van der Waals surface area contributed by atoms with Crippen LogP contribution in [0.4, 0.5) is 4.79 Å². The molecule has 2 heterocycles. The van der Waals surface area contributed by atoms with E-state index in [-0.39, 0.29) is 12.1 Å². The van der Waals surface area contributed by atoms with Crippen LogP contribution in [-0.4, -0.2) is 42.0 Å². The second-order valence-corrected chi connectivity index (χ2v) is 7.99. The lowest BCUT2D eigenvalue weighted by atomic mass is 9.96. The van der Waals surface area contributed by atoms with Crippen molar-refractivity contribution in [1.29, 1.82) is 0 Å². The Hall–Kier alpha value is -1.69. The van der Waals surface area contributed by atoms with Gasteiger partial charge in [-0.3, -0.25) is 4.90 Å². The van der Waals surface area contributed by atoms with Crippen molar-refractivity contribution in [2.45, 2.75) is 22.3 Å². The third kappa shape index (κ3) is 3.36. The summed E-state index contributed by atoms with van der Waals surface area (Å²) in [6, 6.07) is 14.7. The summed E-state index contributed by atoms with van der Waals surface area (Å²) in [6.07, 6.45) is 0.951. The second-order valence-electron chi connectivity index (χ2n) is 6.47. The van der Waals surface area contributed by atoms with Crippen molar-refractivity contribution in [3.63, 3.8) is 0 Å². The molecule has 2 aliphatic rings. The molecule has 0 aliphatic carbocycles. The molecule has 2 amide bonds. The van der Waals surface area contributed by atoms with E-state index in [1.165, 1.54) is 20.9 Å². The Kier molecular flexibility index (Phi) is 4.63. The van der Waals surface area contributed by atoms with Crippen LogP contribution in [-0.2, 0) is 6.42 Å². The van der Waals surface area contributed by atoms with Crippen LogP contribution in [0.25, 0.3) is 0 Å². The fourth-order valence-corrected chi connectivity index (χ4v) is 4.96. The van der Waals surface area contributed by atoms with E-state index in [1.807, 2.05) is 17.8 Å². The summed E-state index contributed by atoms with van der Waals surface area (Å²) in [5, 5.41) is 0.770. The maximum atomic E-state index is 11.4. The number of primary amides is 1. The van der Waals surface area contributed by atoms with Gasteiger partial charge >= 0.3 is 6.03 Å². The number of rotatable bonds is 1. The van der Waals surface area contributed by atoms with Crippen molar-refractivity contribution < 1.29 is 4.79 Å². The molecule has 2 aromatic carbocycles. The van der Waals surface area contributed by atoms with Crippen LogP contribution in [0.5, 0.6) is 0 Å². The highest BCUT2D eigenvalue weighted by molar-refractivity contribution is 7.99. The monoisotopic (exact) mass is 373 g/mol. The maximum Gasteiger partial charge on any atom is 0.314 e. The van der Waals surface area contributed by atoms with Gasteiger partial charge in [0.1, 0.15) is 0 Å². The van der Waals surface area contributed by atoms with Crippen molar-refractivity contribution in [3.8, 4) is 0 Å². The van der Waals surface area contributed by atoms with Crippen molar-refractivity contribution in [1.82, 2.24) is 9.80 Å². The van der Waals surface area contributed by atoms with E-state index in [4.69, 9.17) is 17.3 Å². The Morgan fingerprint density at radius 3 is 2.60 bits per heavy atom. The zero-order valence-corrected chi connectivity index (χ0v) is 15.4. The summed E-state index contributed by atoms with van der Waals surface area (Å²) in [7, 11) is 0. The molecule has 4 nitrogen and oxygen atoms in total. The quantitative estimate of drug-likeness (QED) is 0.827. The van der Waals surface area contributed by atoms with E-state index in [1.54, 1.807) is 4.90 Å². The van der Waals surface area contributed by atoms with E-state index in [2.05, 4.69) is 41.3 Å². The molecule has 2 aliphatic heterocycles. The number of benzene rings is 2. The minimum Gasteiger partial charge on any atom is -0.351 e. The molecule has 4 rings (SSSR count). The van der Waals surface area contributed by atoms with Crippen molar-refractivity contribution in [2.75, 3.05) is 26.2 Å². The summed E-state index contributed by atoms with van der Waals surface area (Å²) < 4.78 is 0. The Labute approximate surface area is 156 Å². The van der Waals surface area contributed by atoms with Crippen LogP contribution in [0.1, 0.15) is 17.2 Å². The van der Waals surface area contributed by atoms with Gasteiger partial charge in [-0.15, -0.1) is 0 Å². The molecular formula is C19H20ClN3OS. The third-order valence-corrected chi connectivity index (χ3v) is 6.45. The molecule has 0 bridgehead atoms. The number of fused-ring (bicyclic) bond motifs is 2. The molecule has 130 valence electrons. The van der Waals surface area contributed by atoms with Crippen molar-refractivity contribution in [2.24, 2.45) is 5.73 Å². The number of halogens is 1. The predicted molar refractivity (Wildman–Crippen MR) is 101 cm³/mol. The molecule has 0 saturated carbocycles. The average molecular weight is 374 g/mol. The summed E-state index contributed by atoms with van der Waals surface area (Å²) in [5.41, 5.74) is 8.07. The van der Waals surface area contributed by atoms with Gasteiger partial charge in [0.15, 0.2) is 0 Å². The van der Waals surface area contributed by atoms with E-state index in [0.717, 1.165) is 24.5 Å². The number of amides is 2. The Morgan fingerprint density at radius 1 is 1.08 bits per heavy atom. The number of urea groups is 1. The molecule has 2 aromatic rings. The van der Waals surface area contributed by atoms with E-state index in [0.29, 0.717) is 13.1 Å². The average Bonchev–Trinajstić information content (AvgIpc) is 2.78. The fraction of sp³-hybridized carbons (Fsp3) is 0.316. The normalized spacial score (nSPS) is 20.5. The van der Waals surface area contributed by atoms with E-state index >= 15 is 0 Å². The SMILES string of the molecule is NC(=O)N1CCN(C2Cc3ccccc3Sc3ccc(Cl)cc32)CC1. The number of hydrogen-bond acceptors (Lipinski definition) is 3. The third-order valence-electron chi connectivity index (χ3n) is 5.00. The molecule has 1 saturated heterocycles. The van der Waals surface area contributed by atoms with Gasteiger partial charge in [0.05, 0.1) is 0 Å². The topological polar surface area (TPSA) is 49.6 Å². The fourth-order valence-electron chi connectivity index (χ4n) is 3.66. The first-order valence-corrected chi connectivity index (χ1v) is 9.65. The number of carbonyl (C=O) groups is 1. The highest BCUT2D eigenvalue weighted by Gasteiger charge is 2.30. The van der Waals surface area contributed by atoms with E-state index < -0.39 is 0 Å². The zero-order valence-electron chi connectivity index (χ0n) is 13.8. The minimum atomic E-state index is -0.329. The van der Waals surface area contributed by atoms with Crippen molar-refractivity contribution in [3.05, 3.63) is 58.6 Å². The van der Waals surface area contributed by atoms with Crippen LogP contribution >= 0.6 is 23.4 Å². The maximum absolute atomic E-state index is 11.4. The molecule has 1 unspecified atom stereocenters. The first-order chi connectivity index (χ1) is 12.1. The molecule has 1 fully saturated rings. The van der Waals surface area contributed by atoms with Gasteiger partial charge in [-0.05, 0) is 41.8 Å². The zero-order chi connectivity index (χ0) is 17.4. The summed E-state index contributed by atoms with van der Waals surface area (Å²) in [5.74, 6) is 0. The van der Waals surface area contributed by atoms with Gasteiger partial charge in [0.25, 0.3) is 0 Å². The number of carbonyl (C=O) groups excluding carboxylic acids is 1. The van der Waals surface area contributed by atoms with Crippen LogP contribution in [0.3, 0.4) is 0 Å². The lowest BCUT2D eigenvalue weighted by molar-refractivity contribution is 0.110. The number of hydrogen-bond donors (Lipinski definition) is 1.